The Kier molecular flexibility index (Phi) is 4.36. The number of fused-ring (bicyclic) bond motifs is 1. The molecule has 0 amide bonds. The fraction of sp³-hybridized carbons (Fsp3) is 0.318. The van der Waals surface area contributed by atoms with Crippen LogP contribution in [0.2, 0.25) is 0 Å². The van der Waals surface area contributed by atoms with Crippen LogP contribution in [0.4, 0.5) is 5.82 Å². The van der Waals surface area contributed by atoms with Crippen molar-refractivity contribution < 1.29 is 0 Å². The molecule has 4 aromatic rings. The summed E-state index contributed by atoms with van der Waals surface area (Å²) in [6.07, 6.45) is 4.14. The van der Waals surface area contributed by atoms with E-state index in [4.69, 9.17) is 9.97 Å². The van der Waals surface area contributed by atoms with Crippen LogP contribution >= 0.6 is 11.3 Å². The topological polar surface area (TPSA) is 46.8 Å². The van der Waals surface area contributed by atoms with E-state index in [1.807, 2.05) is 24.9 Å². The maximum absolute atomic E-state index is 4.89. The van der Waals surface area contributed by atoms with Crippen molar-refractivity contribution in [1.29, 1.82) is 0 Å². The summed E-state index contributed by atoms with van der Waals surface area (Å²) in [5, 5.41) is 7.76. The molecule has 142 valence electrons. The maximum Gasteiger partial charge on any atom is 0.141 e. The number of benzene rings is 1. The van der Waals surface area contributed by atoms with Crippen LogP contribution in [0.1, 0.15) is 30.3 Å². The Hall–Kier alpha value is -2.73. The first kappa shape index (κ1) is 17.4. The van der Waals surface area contributed by atoms with Gasteiger partial charge < -0.3 is 4.90 Å². The molecule has 5 nitrogen and oxygen atoms in total. The zero-order valence-corrected chi connectivity index (χ0v) is 17.0. The first-order chi connectivity index (χ1) is 13.7. The van der Waals surface area contributed by atoms with Gasteiger partial charge in [-0.15, -0.1) is 11.3 Å². The molecule has 0 saturated carbocycles. The van der Waals surface area contributed by atoms with E-state index in [1.54, 1.807) is 11.3 Å². The molecule has 0 N–H and O–H groups in total. The smallest absolute Gasteiger partial charge is 0.141 e. The van der Waals surface area contributed by atoms with Gasteiger partial charge in [-0.25, -0.2) is 9.97 Å². The lowest BCUT2D eigenvalue weighted by Crippen LogP contribution is -2.34. The molecule has 1 aromatic carbocycles. The van der Waals surface area contributed by atoms with Gasteiger partial charge in [-0.3, -0.25) is 4.68 Å². The van der Waals surface area contributed by atoms with Crippen LogP contribution in [0.25, 0.3) is 21.3 Å². The zero-order chi connectivity index (χ0) is 19.1. The lowest BCUT2D eigenvalue weighted by atomic mass is 9.93. The summed E-state index contributed by atoms with van der Waals surface area (Å²) in [7, 11) is 2.04. The highest BCUT2D eigenvalue weighted by Crippen LogP contribution is 2.40. The second-order valence-electron chi connectivity index (χ2n) is 7.43. The lowest BCUT2D eigenvalue weighted by molar-refractivity contribution is 0.476. The van der Waals surface area contributed by atoms with Crippen molar-refractivity contribution in [3.05, 3.63) is 59.5 Å². The van der Waals surface area contributed by atoms with E-state index < -0.39 is 0 Å². The van der Waals surface area contributed by atoms with Crippen molar-refractivity contribution in [2.45, 2.75) is 25.7 Å². The van der Waals surface area contributed by atoms with Crippen molar-refractivity contribution >= 4 is 27.4 Å². The third-order valence-electron chi connectivity index (χ3n) is 5.68. The Morgan fingerprint density at radius 1 is 1.04 bits per heavy atom. The number of anilines is 1. The number of rotatable bonds is 3. The molecule has 0 atom stereocenters. The Balaban J connectivity index is 1.51. The molecule has 1 fully saturated rings. The van der Waals surface area contributed by atoms with Gasteiger partial charge in [0.1, 0.15) is 16.5 Å². The summed E-state index contributed by atoms with van der Waals surface area (Å²) in [6.45, 7) is 4.00. The molecule has 28 heavy (non-hydrogen) atoms. The predicted molar refractivity (Wildman–Crippen MR) is 115 cm³/mol. The van der Waals surface area contributed by atoms with Crippen molar-refractivity contribution in [3.63, 3.8) is 0 Å². The third kappa shape index (κ3) is 2.98. The summed E-state index contributed by atoms with van der Waals surface area (Å²) in [5.41, 5.74) is 3.81. The molecule has 1 aliphatic rings. The predicted octanol–water partition coefficient (Wildman–Crippen LogP) is 4.78. The molecule has 0 aliphatic carbocycles. The molecule has 0 radical (unpaired) electrons. The third-order valence-corrected chi connectivity index (χ3v) is 6.55. The first-order valence-electron chi connectivity index (χ1n) is 9.75. The first-order valence-corrected chi connectivity index (χ1v) is 10.6. The molecule has 4 heterocycles. The molecular formula is C22H23N5S. The van der Waals surface area contributed by atoms with Gasteiger partial charge >= 0.3 is 0 Å². The highest BCUT2D eigenvalue weighted by atomic mass is 32.1. The number of piperidine rings is 1. The van der Waals surface area contributed by atoms with Crippen LogP contribution in [0.15, 0.2) is 48.0 Å². The quantitative estimate of drug-likeness (QED) is 0.506. The van der Waals surface area contributed by atoms with E-state index in [1.165, 1.54) is 22.2 Å². The van der Waals surface area contributed by atoms with E-state index >= 15 is 0 Å². The lowest BCUT2D eigenvalue weighted by Gasteiger charge is -2.33. The number of hydrogen-bond donors (Lipinski definition) is 0. The summed E-state index contributed by atoms with van der Waals surface area (Å²) in [5.74, 6) is 2.50. The van der Waals surface area contributed by atoms with Gasteiger partial charge in [0.2, 0.25) is 0 Å². The largest absolute Gasteiger partial charge is 0.356 e. The average Bonchev–Trinajstić information content (AvgIpc) is 3.34. The van der Waals surface area contributed by atoms with Crippen molar-refractivity contribution in [1.82, 2.24) is 19.7 Å². The highest BCUT2D eigenvalue weighted by Gasteiger charge is 2.26. The molecule has 6 heteroatoms. The maximum atomic E-state index is 4.89. The van der Waals surface area contributed by atoms with E-state index in [2.05, 4.69) is 51.8 Å². The zero-order valence-electron chi connectivity index (χ0n) is 16.2. The van der Waals surface area contributed by atoms with E-state index in [0.717, 1.165) is 42.4 Å². The van der Waals surface area contributed by atoms with Crippen LogP contribution in [-0.2, 0) is 7.05 Å². The minimum Gasteiger partial charge on any atom is -0.356 e. The van der Waals surface area contributed by atoms with Gasteiger partial charge in [0.15, 0.2) is 0 Å². The van der Waals surface area contributed by atoms with Crippen LogP contribution in [-0.4, -0.2) is 32.8 Å². The van der Waals surface area contributed by atoms with Gasteiger partial charge in [0.25, 0.3) is 0 Å². The molecule has 0 bridgehead atoms. The summed E-state index contributed by atoms with van der Waals surface area (Å²) >= 11 is 1.71. The van der Waals surface area contributed by atoms with Gasteiger partial charge in [-0.05, 0) is 31.4 Å². The minimum atomic E-state index is 0.568. The Morgan fingerprint density at radius 2 is 1.82 bits per heavy atom. The summed E-state index contributed by atoms with van der Waals surface area (Å²) in [6, 6.07) is 12.7. The average molecular weight is 390 g/mol. The van der Waals surface area contributed by atoms with E-state index in [0.29, 0.717) is 5.92 Å². The van der Waals surface area contributed by atoms with Crippen molar-refractivity contribution in [2.24, 2.45) is 7.05 Å². The number of nitrogens with zero attached hydrogens (tertiary/aromatic N) is 5. The second-order valence-corrected chi connectivity index (χ2v) is 8.29. The summed E-state index contributed by atoms with van der Waals surface area (Å²) in [4.78, 5) is 13.1. The van der Waals surface area contributed by atoms with E-state index in [-0.39, 0.29) is 0 Å². The second kappa shape index (κ2) is 7.02. The number of thiophene rings is 1. The molecule has 3 aromatic heterocycles. The van der Waals surface area contributed by atoms with Crippen LogP contribution in [0.3, 0.4) is 0 Å². The van der Waals surface area contributed by atoms with Crippen LogP contribution < -0.4 is 4.90 Å². The number of hydrogen-bond acceptors (Lipinski definition) is 5. The van der Waals surface area contributed by atoms with Gasteiger partial charge in [-0.1, -0.05) is 30.3 Å². The van der Waals surface area contributed by atoms with Gasteiger partial charge in [-0.2, -0.15) is 5.10 Å². The van der Waals surface area contributed by atoms with Crippen molar-refractivity contribution in [3.8, 4) is 11.1 Å². The van der Waals surface area contributed by atoms with Gasteiger partial charge in [0, 0.05) is 48.9 Å². The van der Waals surface area contributed by atoms with Crippen molar-refractivity contribution in [2.75, 3.05) is 18.0 Å². The van der Waals surface area contributed by atoms with Crippen LogP contribution in [0.5, 0.6) is 0 Å². The molecule has 0 spiro atoms. The number of aryl methyl sites for hydroxylation is 2. The normalized spacial score (nSPS) is 15.4. The number of aromatic nitrogens is 4. The summed E-state index contributed by atoms with van der Waals surface area (Å²) < 4.78 is 2.01. The Morgan fingerprint density at radius 3 is 2.54 bits per heavy atom. The van der Waals surface area contributed by atoms with Crippen LogP contribution in [0, 0.1) is 6.92 Å². The Labute approximate surface area is 168 Å². The molecular weight excluding hydrogens is 366 g/mol. The highest BCUT2D eigenvalue weighted by molar-refractivity contribution is 7.17. The fourth-order valence-electron chi connectivity index (χ4n) is 4.26. The molecule has 1 aliphatic heterocycles. The van der Waals surface area contributed by atoms with Gasteiger partial charge in [0.05, 0.1) is 5.39 Å². The standard InChI is InChI=1S/C22H23N5S/c1-15-24-21(27-12-9-17(10-13-27)19-8-11-23-26(19)2)20-18(14-28-22(20)25-15)16-6-4-3-5-7-16/h3-8,11,14,17H,9-10,12-13H2,1-2H3. The SMILES string of the molecule is Cc1nc(N2CCC(c3ccnn3C)CC2)c2c(-c3ccccc3)csc2n1. The minimum absolute atomic E-state index is 0.568. The fourth-order valence-corrected chi connectivity index (χ4v) is 5.25. The molecule has 1 saturated heterocycles. The monoisotopic (exact) mass is 389 g/mol. The van der Waals surface area contributed by atoms with E-state index in [9.17, 15) is 0 Å². The molecule has 0 unspecified atom stereocenters. The Bertz CT molecular complexity index is 1110. The molecule has 5 rings (SSSR count).